The van der Waals surface area contributed by atoms with Gasteiger partial charge in [0, 0.05) is 11.5 Å². The van der Waals surface area contributed by atoms with E-state index >= 15 is 0 Å². The van der Waals surface area contributed by atoms with E-state index in [2.05, 4.69) is 4.98 Å². The second kappa shape index (κ2) is 5.59. The van der Waals surface area contributed by atoms with Gasteiger partial charge < -0.3 is 4.42 Å². The maximum Gasteiger partial charge on any atom is 0.416 e. The van der Waals surface area contributed by atoms with Gasteiger partial charge in [0.1, 0.15) is 11.5 Å². The smallest absolute Gasteiger partial charge is 0.416 e. The van der Waals surface area contributed by atoms with E-state index in [1.807, 2.05) is 0 Å². The summed E-state index contributed by atoms with van der Waals surface area (Å²) in [5, 5.41) is 0. The molecule has 0 N–H and O–H groups in total. The maximum absolute atomic E-state index is 12.8. The number of hydrogen-bond donors (Lipinski definition) is 0. The minimum absolute atomic E-state index is 0.0649. The molecule has 1 saturated carbocycles. The Kier molecular flexibility index (Phi) is 3.76. The van der Waals surface area contributed by atoms with Crippen LogP contribution >= 0.6 is 0 Å². The zero-order valence-corrected chi connectivity index (χ0v) is 11.7. The van der Waals surface area contributed by atoms with Gasteiger partial charge in [-0.2, -0.15) is 13.2 Å². The molecule has 0 radical (unpaired) electrons. The molecule has 0 saturated heterocycles. The van der Waals surface area contributed by atoms with Crippen LogP contribution in [0.5, 0.6) is 0 Å². The molecule has 0 atom stereocenters. The highest BCUT2D eigenvalue weighted by Gasteiger charge is 2.31. The summed E-state index contributed by atoms with van der Waals surface area (Å²) in [5.41, 5.74) is -0.347. The highest BCUT2D eigenvalue weighted by atomic mass is 19.4. The van der Waals surface area contributed by atoms with Crippen LogP contribution in [0.3, 0.4) is 0 Å². The summed E-state index contributed by atoms with van der Waals surface area (Å²) in [6.45, 7) is 0. The van der Waals surface area contributed by atoms with Crippen molar-refractivity contribution in [2.24, 2.45) is 0 Å². The largest absolute Gasteiger partial charge is 0.440 e. The lowest BCUT2D eigenvalue weighted by molar-refractivity contribution is -0.137. The van der Waals surface area contributed by atoms with Gasteiger partial charge in [-0.1, -0.05) is 18.9 Å². The maximum atomic E-state index is 12.8. The van der Waals surface area contributed by atoms with Crippen LogP contribution in [0.25, 0.3) is 11.5 Å². The Labute approximate surface area is 125 Å². The molecule has 116 valence electrons. The molecule has 3 nitrogen and oxygen atoms in total. The van der Waals surface area contributed by atoms with Gasteiger partial charge in [-0.05, 0) is 31.0 Å². The van der Waals surface area contributed by atoms with Gasteiger partial charge in [0.05, 0.1) is 5.56 Å². The highest BCUT2D eigenvalue weighted by molar-refractivity contribution is 5.75. The Morgan fingerprint density at radius 1 is 1.23 bits per heavy atom. The van der Waals surface area contributed by atoms with Gasteiger partial charge in [0.2, 0.25) is 5.89 Å². The number of rotatable bonds is 3. The average Bonchev–Trinajstić information content (AvgIpc) is 3.15. The van der Waals surface area contributed by atoms with E-state index in [1.165, 1.54) is 12.1 Å². The Morgan fingerprint density at radius 3 is 2.59 bits per heavy atom. The molecule has 22 heavy (non-hydrogen) atoms. The number of carbonyl (C=O) groups excluding carboxylic acids is 1. The van der Waals surface area contributed by atoms with E-state index in [0.717, 1.165) is 37.8 Å². The van der Waals surface area contributed by atoms with Crippen molar-refractivity contribution in [3.8, 4) is 11.5 Å². The number of carbonyl (C=O) groups is 1. The van der Waals surface area contributed by atoms with Crippen LogP contribution in [0.4, 0.5) is 13.2 Å². The predicted octanol–water partition coefficient (Wildman–Crippen LogP) is 4.83. The van der Waals surface area contributed by atoms with Crippen molar-refractivity contribution in [2.75, 3.05) is 0 Å². The number of oxazole rings is 1. The van der Waals surface area contributed by atoms with Crippen molar-refractivity contribution in [3.63, 3.8) is 0 Å². The summed E-state index contributed by atoms with van der Waals surface area (Å²) in [5.74, 6) is 0.697. The van der Waals surface area contributed by atoms with Crippen molar-refractivity contribution >= 4 is 6.29 Å². The second-order valence-corrected chi connectivity index (χ2v) is 5.45. The van der Waals surface area contributed by atoms with Crippen LogP contribution in [-0.2, 0) is 6.18 Å². The third kappa shape index (κ3) is 2.77. The van der Waals surface area contributed by atoms with E-state index in [0.29, 0.717) is 12.0 Å². The zero-order chi connectivity index (χ0) is 15.7. The molecule has 1 aromatic heterocycles. The molecule has 1 aromatic carbocycles. The number of nitrogens with zero attached hydrogens (tertiary/aromatic N) is 1. The molecule has 1 heterocycles. The fourth-order valence-electron chi connectivity index (χ4n) is 2.86. The molecule has 0 amide bonds. The summed E-state index contributed by atoms with van der Waals surface area (Å²) >= 11 is 0. The van der Waals surface area contributed by atoms with Crippen LogP contribution in [0.15, 0.2) is 28.7 Å². The van der Waals surface area contributed by atoms with Gasteiger partial charge in [0.15, 0.2) is 6.29 Å². The number of aldehydes is 1. The Morgan fingerprint density at radius 2 is 1.95 bits per heavy atom. The summed E-state index contributed by atoms with van der Waals surface area (Å²) in [6, 6.07) is 4.77. The van der Waals surface area contributed by atoms with Gasteiger partial charge in [0.25, 0.3) is 0 Å². The van der Waals surface area contributed by atoms with Crippen LogP contribution in [0.2, 0.25) is 0 Å². The lowest BCUT2D eigenvalue weighted by atomic mass is 10.0. The van der Waals surface area contributed by atoms with Gasteiger partial charge >= 0.3 is 6.18 Å². The van der Waals surface area contributed by atoms with E-state index in [-0.39, 0.29) is 23.1 Å². The molecule has 3 rings (SSSR count). The summed E-state index contributed by atoms with van der Waals surface area (Å²) in [6.07, 6.45) is 0.125. The molecule has 1 fully saturated rings. The Bertz CT molecular complexity index is 685. The van der Waals surface area contributed by atoms with E-state index in [9.17, 15) is 18.0 Å². The molecule has 2 aromatic rings. The van der Waals surface area contributed by atoms with Gasteiger partial charge in [-0.3, -0.25) is 4.79 Å². The first-order valence-electron chi connectivity index (χ1n) is 7.12. The molecule has 0 spiro atoms. The molecule has 0 unspecified atom stereocenters. The summed E-state index contributed by atoms with van der Waals surface area (Å²) in [4.78, 5) is 15.2. The van der Waals surface area contributed by atoms with Crippen molar-refractivity contribution in [3.05, 3.63) is 41.3 Å². The second-order valence-electron chi connectivity index (χ2n) is 5.45. The first-order valence-corrected chi connectivity index (χ1v) is 7.12. The van der Waals surface area contributed by atoms with Crippen molar-refractivity contribution in [2.45, 2.75) is 37.8 Å². The van der Waals surface area contributed by atoms with Crippen molar-refractivity contribution < 1.29 is 22.4 Å². The topological polar surface area (TPSA) is 43.1 Å². The minimum Gasteiger partial charge on any atom is -0.440 e. The van der Waals surface area contributed by atoms with Crippen LogP contribution < -0.4 is 0 Å². The van der Waals surface area contributed by atoms with Crippen LogP contribution in [-0.4, -0.2) is 11.3 Å². The van der Waals surface area contributed by atoms with Crippen molar-refractivity contribution in [1.82, 2.24) is 4.98 Å². The lowest BCUT2D eigenvalue weighted by Gasteiger charge is -2.07. The standard InChI is InChI=1S/C16H14F3NO2/c17-16(18,19)12-7-3-6-11(8-12)15-20-13(9-21)14(22-15)10-4-1-2-5-10/h3,6-10H,1-2,4-5H2. The third-order valence-corrected chi connectivity index (χ3v) is 3.96. The molecule has 0 bridgehead atoms. The fourth-order valence-corrected chi connectivity index (χ4v) is 2.86. The van der Waals surface area contributed by atoms with E-state index < -0.39 is 11.7 Å². The first-order chi connectivity index (χ1) is 10.5. The molecular formula is C16H14F3NO2. The number of alkyl halides is 3. The average molecular weight is 309 g/mol. The van der Waals surface area contributed by atoms with Crippen LogP contribution in [0, 0.1) is 0 Å². The quantitative estimate of drug-likeness (QED) is 0.763. The molecular weight excluding hydrogens is 295 g/mol. The summed E-state index contributed by atoms with van der Waals surface area (Å²) in [7, 11) is 0. The molecule has 0 aliphatic heterocycles. The normalized spacial score (nSPS) is 16.1. The Balaban J connectivity index is 2.00. The van der Waals surface area contributed by atoms with E-state index in [4.69, 9.17) is 4.42 Å². The monoisotopic (exact) mass is 309 g/mol. The third-order valence-electron chi connectivity index (χ3n) is 3.96. The fraction of sp³-hybridized carbons (Fsp3) is 0.375. The van der Waals surface area contributed by atoms with E-state index in [1.54, 1.807) is 0 Å². The first kappa shape index (κ1) is 14.8. The van der Waals surface area contributed by atoms with Crippen molar-refractivity contribution in [1.29, 1.82) is 0 Å². The molecule has 6 heteroatoms. The van der Waals surface area contributed by atoms with Gasteiger partial charge in [-0.25, -0.2) is 4.98 Å². The number of benzene rings is 1. The predicted molar refractivity (Wildman–Crippen MR) is 73.5 cm³/mol. The van der Waals surface area contributed by atoms with Gasteiger partial charge in [-0.15, -0.1) is 0 Å². The number of aromatic nitrogens is 1. The SMILES string of the molecule is O=Cc1nc(-c2cccc(C(F)(F)F)c2)oc1C1CCCC1. The number of hydrogen-bond acceptors (Lipinski definition) is 3. The Hall–Kier alpha value is -2.11. The minimum atomic E-state index is -4.43. The highest BCUT2D eigenvalue weighted by Crippen LogP contribution is 2.38. The van der Waals surface area contributed by atoms with Crippen LogP contribution in [0.1, 0.15) is 53.4 Å². The molecule has 1 aliphatic carbocycles. The zero-order valence-electron chi connectivity index (χ0n) is 11.7. The number of halogens is 3. The lowest BCUT2D eigenvalue weighted by Crippen LogP contribution is -2.04. The molecule has 1 aliphatic rings. The summed E-state index contributed by atoms with van der Waals surface area (Å²) < 4.78 is 44.0.